The first kappa shape index (κ1) is 19.3. The van der Waals surface area contributed by atoms with Crippen molar-refractivity contribution in [2.24, 2.45) is 5.92 Å². The van der Waals surface area contributed by atoms with E-state index in [1.54, 1.807) is 25.1 Å². The lowest BCUT2D eigenvalue weighted by Gasteiger charge is -2.14. The van der Waals surface area contributed by atoms with Crippen molar-refractivity contribution in [1.82, 2.24) is 0 Å². The zero-order valence-corrected chi connectivity index (χ0v) is 15.0. The van der Waals surface area contributed by atoms with Crippen molar-refractivity contribution in [2.75, 3.05) is 13.2 Å². The van der Waals surface area contributed by atoms with Gasteiger partial charge in [0.25, 0.3) is 0 Å². The fraction of sp³-hybridized carbons (Fsp3) is 0.381. The molecule has 0 amide bonds. The highest BCUT2D eigenvalue weighted by atomic mass is 19.4. The average molecular weight is 378 g/mol. The molecule has 2 aromatic carbocycles. The minimum absolute atomic E-state index is 0.126. The Balaban J connectivity index is 1.86. The van der Waals surface area contributed by atoms with Crippen LogP contribution in [0.25, 0.3) is 11.1 Å². The molecule has 1 aliphatic rings. The summed E-state index contributed by atoms with van der Waals surface area (Å²) in [5.41, 5.74) is 1.40. The van der Waals surface area contributed by atoms with Crippen LogP contribution < -0.4 is 4.74 Å². The normalized spacial score (nSPS) is 14.1. The minimum Gasteiger partial charge on any atom is -0.493 e. The van der Waals surface area contributed by atoms with E-state index in [4.69, 9.17) is 9.47 Å². The number of ether oxygens (including phenoxy) is 2. The van der Waals surface area contributed by atoms with Crippen LogP contribution in [-0.4, -0.2) is 19.2 Å². The van der Waals surface area contributed by atoms with Crippen LogP contribution in [-0.2, 0) is 22.1 Å². The molecule has 1 saturated carbocycles. The molecule has 0 heterocycles. The molecule has 2 aromatic rings. The summed E-state index contributed by atoms with van der Waals surface area (Å²) >= 11 is 0. The molecular weight excluding hydrogens is 357 g/mol. The molecule has 27 heavy (non-hydrogen) atoms. The first-order valence-corrected chi connectivity index (χ1v) is 8.96. The molecule has 0 radical (unpaired) electrons. The molecule has 144 valence electrons. The lowest BCUT2D eigenvalue weighted by molar-refractivity contribution is -0.142. The van der Waals surface area contributed by atoms with Crippen molar-refractivity contribution in [3.05, 3.63) is 53.6 Å². The summed E-state index contributed by atoms with van der Waals surface area (Å²) in [4.78, 5) is 11.7. The van der Waals surface area contributed by atoms with E-state index < -0.39 is 11.7 Å². The van der Waals surface area contributed by atoms with Gasteiger partial charge in [0.1, 0.15) is 5.75 Å². The summed E-state index contributed by atoms with van der Waals surface area (Å²) in [6.45, 7) is 2.62. The van der Waals surface area contributed by atoms with Gasteiger partial charge in [0, 0.05) is 5.56 Å². The first-order chi connectivity index (χ1) is 12.9. The summed E-state index contributed by atoms with van der Waals surface area (Å²) in [6.07, 6.45) is -2.00. The highest BCUT2D eigenvalue weighted by Gasteiger charge is 2.30. The maximum absolute atomic E-state index is 12.8. The predicted molar refractivity (Wildman–Crippen MR) is 95.4 cm³/mol. The van der Waals surface area contributed by atoms with Gasteiger partial charge in [-0.15, -0.1) is 0 Å². The maximum Gasteiger partial charge on any atom is 0.416 e. The van der Waals surface area contributed by atoms with Crippen LogP contribution in [0.1, 0.15) is 30.9 Å². The Morgan fingerprint density at radius 1 is 1.11 bits per heavy atom. The van der Waals surface area contributed by atoms with Gasteiger partial charge in [-0.3, -0.25) is 4.79 Å². The van der Waals surface area contributed by atoms with E-state index in [0.717, 1.165) is 30.5 Å². The fourth-order valence-corrected chi connectivity index (χ4v) is 2.74. The van der Waals surface area contributed by atoms with Gasteiger partial charge in [-0.2, -0.15) is 13.2 Å². The number of carbonyl (C=O) groups is 1. The van der Waals surface area contributed by atoms with E-state index in [1.807, 2.05) is 0 Å². The quantitative estimate of drug-likeness (QED) is 0.616. The second kappa shape index (κ2) is 8.03. The van der Waals surface area contributed by atoms with Crippen LogP contribution in [0.3, 0.4) is 0 Å². The summed E-state index contributed by atoms with van der Waals surface area (Å²) in [6, 6.07) is 10.3. The molecule has 0 bridgehead atoms. The smallest absolute Gasteiger partial charge is 0.416 e. The van der Waals surface area contributed by atoms with Gasteiger partial charge in [-0.1, -0.05) is 24.3 Å². The van der Waals surface area contributed by atoms with E-state index in [2.05, 4.69) is 0 Å². The molecule has 0 spiro atoms. The molecular formula is C21H21F3O3. The average Bonchev–Trinajstić information content (AvgIpc) is 3.44. The number of hydrogen-bond donors (Lipinski definition) is 0. The minimum atomic E-state index is -4.37. The maximum atomic E-state index is 12.8. The highest BCUT2D eigenvalue weighted by Crippen LogP contribution is 2.36. The Morgan fingerprint density at radius 2 is 1.81 bits per heavy atom. The number of halogens is 3. The Morgan fingerprint density at radius 3 is 2.41 bits per heavy atom. The van der Waals surface area contributed by atoms with Gasteiger partial charge in [0.2, 0.25) is 0 Å². The van der Waals surface area contributed by atoms with Crippen LogP contribution in [0.15, 0.2) is 42.5 Å². The molecule has 6 heteroatoms. The van der Waals surface area contributed by atoms with Gasteiger partial charge in [0.15, 0.2) is 0 Å². The van der Waals surface area contributed by atoms with Crippen molar-refractivity contribution in [3.63, 3.8) is 0 Å². The Labute approximate surface area is 156 Å². The third-order valence-electron chi connectivity index (χ3n) is 4.39. The van der Waals surface area contributed by atoms with Gasteiger partial charge < -0.3 is 9.47 Å². The van der Waals surface area contributed by atoms with Crippen molar-refractivity contribution >= 4 is 5.97 Å². The molecule has 0 atom stereocenters. The molecule has 1 fully saturated rings. The molecule has 1 aliphatic carbocycles. The molecule has 3 rings (SSSR count). The SMILES string of the molecule is CCOC(=O)Cc1ccc(-c2ccc(C(F)(F)F)cc2)c(OCC2CC2)c1. The zero-order chi connectivity index (χ0) is 19.4. The monoisotopic (exact) mass is 378 g/mol. The van der Waals surface area contributed by atoms with Crippen LogP contribution >= 0.6 is 0 Å². The van der Waals surface area contributed by atoms with Gasteiger partial charge >= 0.3 is 12.1 Å². The van der Waals surface area contributed by atoms with E-state index >= 15 is 0 Å². The van der Waals surface area contributed by atoms with Crippen molar-refractivity contribution in [1.29, 1.82) is 0 Å². The topological polar surface area (TPSA) is 35.5 Å². The summed E-state index contributed by atoms with van der Waals surface area (Å²) in [5, 5.41) is 0. The van der Waals surface area contributed by atoms with Gasteiger partial charge in [0.05, 0.1) is 25.2 Å². The number of carbonyl (C=O) groups excluding carboxylic acids is 1. The van der Waals surface area contributed by atoms with Crippen molar-refractivity contribution < 1.29 is 27.4 Å². The largest absolute Gasteiger partial charge is 0.493 e. The fourth-order valence-electron chi connectivity index (χ4n) is 2.74. The third-order valence-corrected chi connectivity index (χ3v) is 4.39. The van der Waals surface area contributed by atoms with Crippen LogP contribution in [0.4, 0.5) is 13.2 Å². The van der Waals surface area contributed by atoms with Crippen LogP contribution in [0.2, 0.25) is 0 Å². The van der Waals surface area contributed by atoms with Gasteiger partial charge in [-0.25, -0.2) is 0 Å². The number of rotatable bonds is 7. The lowest BCUT2D eigenvalue weighted by atomic mass is 10.00. The van der Waals surface area contributed by atoms with Crippen molar-refractivity contribution in [3.8, 4) is 16.9 Å². The van der Waals surface area contributed by atoms with E-state index in [-0.39, 0.29) is 12.4 Å². The summed E-state index contributed by atoms with van der Waals surface area (Å²) in [7, 11) is 0. The Hall–Kier alpha value is -2.50. The third kappa shape index (κ3) is 5.25. The molecule has 0 aliphatic heterocycles. The van der Waals surface area contributed by atoms with Crippen LogP contribution in [0.5, 0.6) is 5.75 Å². The van der Waals surface area contributed by atoms with E-state index in [9.17, 15) is 18.0 Å². The molecule has 0 N–H and O–H groups in total. The molecule has 3 nitrogen and oxygen atoms in total. The second-order valence-corrected chi connectivity index (χ2v) is 6.64. The van der Waals surface area contributed by atoms with Crippen LogP contribution in [0, 0.1) is 5.92 Å². The number of benzene rings is 2. The van der Waals surface area contributed by atoms with E-state index in [1.165, 1.54) is 12.1 Å². The zero-order valence-electron chi connectivity index (χ0n) is 15.0. The molecule has 0 saturated heterocycles. The van der Waals surface area contributed by atoms with Crippen molar-refractivity contribution in [2.45, 2.75) is 32.4 Å². The van der Waals surface area contributed by atoms with E-state index in [0.29, 0.717) is 36.0 Å². The number of hydrogen-bond acceptors (Lipinski definition) is 3. The number of esters is 1. The predicted octanol–water partition coefficient (Wildman–Crippen LogP) is 5.27. The second-order valence-electron chi connectivity index (χ2n) is 6.64. The lowest BCUT2D eigenvalue weighted by Crippen LogP contribution is -2.08. The first-order valence-electron chi connectivity index (χ1n) is 8.96. The number of alkyl halides is 3. The Bertz CT molecular complexity index is 793. The summed E-state index contributed by atoms with van der Waals surface area (Å²) in [5.74, 6) is 0.774. The molecule has 0 aromatic heterocycles. The molecule has 0 unspecified atom stereocenters. The Kier molecular flexibility index (Phi) is 5.73. The standard InChI is InChI=1S/C21H21F3O3/c1-2-26-20(25)12-15-5-10-18(19(11-15)27-13-14-3-4-14)16-6-8-17(9-7-16)21(22,23)24/h5-11,14H,2-4,12-13H2,1H3. The van der Waals surface area contributed by atoms with Gasteiger partial charge in [-0.05, 0) is 55.0 Å². The summed E-state index contributed by atoms with van der Waals surface area (Å²) < 4.78 is 49.2. The highest BCUT2D eigenvalue weighted by molar-refractivity contribution is 5.75.